The van der Waals surface area contributed by atoms with E-state index >= 15 is 0 Å². The zero-order valence-electron chi connectivity index (χ0n) is 10.3. The summed E-state index contributed by atoms with van der Waals surface area (Å²) in [6.45, 7) is 6.72. The molecule has 0 aliphatic heterocycles. The fourth-order valence-electron chi connectivity index (χ4n) is 1.14. The van der Waals surface area contributed by atoms with Gasteiger partial charge in [-0.1, -0.05) is 67.8 Å². The molecule has 0 aromatic heterocycles. The third kappa shape index (κ3) is 11.0. The number of allylic oxidation sites excluding steroid dienone is 3. The number of benzene rings is 1. The monoisotopic (exact) mass is 248 g/mol. The molecule has 1 rings (SSSR count). The first-order valence-corrected chi connectivity index (χ1v) is 6.39. The van der Waals surface area contributed by atoms with Crippen LogP contribution in [-0.2, 0) is 0 Å². The van der Waals surface area contributed by atoms with E-state index in [-0.39, 0.29) is 0 Å². The van der Waals surface area contributed by atoms with Crippen LogP contribution in [0.2, 0.25) is 0 Å². The molecule has 1 aromatic carbocycles. The lowest BCUT2D eigenvalue weighted by Crippen LogP contribution is -1.74. The first kappa shape index (κ1) is 15.7. The van der Waals surface area contributed by atoms with Gasteiger partial charge < -0.3 is 0 Å². The van der Waals surface area contributed by atoms with Gasteiger partial charge in [-0.05, 0) is 24.8 Å². The van der Waals surface area contributed by atoms with Gasteiger partial charge in [0.2, 0.25) is 0 Å². The minimum Gasteiger partial charge on any atom is -0.127 e. The lowest BCUT2D eigenvalue weighted by molar-refractivity contribution is 0.822. The van der Waals surface area contributed by atoms with Gasteiger partial charge in [0.1, 0.15) is 0 Å². The summed E-state index contributed by atoms with van der Waals surface area (Å²) in [4.78, 5) is 0. The van der Waals surface area contributed by atoms with Crippen LogP contribution in [-0.4, -0.2) is 5.88 Å². The highest BCUT2D eigenvalue weighted by Gasteiger charge is 1.84. The van der Waals surface area contributed by atoms with Gasteiger partial charge in [0, 0.05) is 5.88 Å². The second-order valence-electron chi connectivity index (χ2n) is 3.47. The molecule has 0 radical (unpaired) electrons. The molecule has 0 saturated heterocycles. The molecule has 0 N–H and O–H groups in total. The summed E-state index contributed by atoms with van der Waals surface area (Å²) >= 11 is 5.57. The third-order valence-electron chi connectivity index (χ3n) is 2.03. The standard InChI is InChI=1S/C12H15Cl.C4H6/c13-11-7-2-1-4-8-12-9-5-3-6-10-12;1-3-4-2/h3-6,8-10H,1-2,7,11H2;3-4H,1-2H2. The van der Waals surface area contributed by atoms with Crippen molar-refractivity contribution < 1.29 is 0 Å². The Morgan fingerprint density at radius 3 is 2.18 bits per heavy atom. The number of halogens is 1. The summed E-state index contributed by atoms with van der Waals surface area (Å²) in [5, 5.41) is 0. The van der Waals surface area contributed by atoms with Crippen molar-refractivity contribution in [2.24, 2.45) is 0 Å². The van der Waals surface area contributed by atoms with Gasteiger partial charge in [-0.15, -0.1) is 11.6 Å². The Balaban J connectivity index is 0.000000557. The molecule has 0 bridgehead atoms. The van der Waals surface area contributed by atoms with Crippen LogP contribution in [0.25, 0.3) is 6.08 Å². The average molecular weight is 249 g/mol. The molecule has 0 fully saturated rings. The smallest absolute Gasteiger partial charge is 0.0223 e. The number of alkyl halides is 1. The molecule has 1 heteroatoms. The van der Waals surface area contributed by atoms with Gasteiger partial charge in [-0.3, -0.25) is 0 Å². The first-order valence-electron chi connectivity index (χ1n) is 5.86. The maximum Gasteiger partial charge on any atom is 0.0223 e. The van der Waals surface area contributed by atoms with Crippen molar-refractivity contribution in [1.29, 1.82) is 0 Å². The van der Waals surface area contributed by atoms with Crippen LogP contribution in [0.1, 0.15) is 24.8 Å². The maximum atomic E-state index is 5.57. The van der Waals surface area contributed by atoms with Gasteiger partial charge in [0.05, 0.1) is 0 Å². The van der Waals surface area contributed by atoms with Crippen LogP contribution in [0, 0.1) is 0 Å². The third-order valence-corrected chi connectivity index (χ3v) is 2.30. The first-order chi connectivity index (χ1) is 8.35. The number of hydrogen-bond acceptors (Lipinski definition) is 0. The SMILES string of the molecule is C=CC=C.ClCCCCC=Cc1ccccc1. The largest absolute Gasteiger partial charge is 0.127 e. The number of unbranched alkanes of at least 4 members (excludes halogenated alkanes) is 2. The second kappa shape index (κ2) is 12.8. The van der Waals surface area contributed by atoms with E-state index in [0.29, 0.717) is 0 Å². The van der Waals surface area contributed by atoms with Crippen LogP contribution in [0.4, 0.5) is 0 Å². The minimum absolute atomic E-state index is 0.777. The molecular formula is C16H21Cl. The Kier molecular flexibility index (Phi) is 11.8. The summed E-state index contributed by atoms with van der Waals surface area (Å²) < 4.78 is 0. The van der Waals surface area contributed by atoms with Gasteiger partial charge in [0.15, 0.2) is 0 Å². The van der Waals surface area contributed by atoms with Crippen molar-refractivity contribution in [2.75, 3.05) is 5.88 Å². The van der Waals surface area contributed by atoms with Crippen LogP contribution < -0.4 is 0 Å². The molecule has 0 atom stereocenters. The maximum absolute atomic E-state index is 5.57. The molecule has 0 saturated carbocycles. The van der Waals surface area contributed by atoms with E-state index in [0.717, 1.165) is 18.7 Å². The molecule has 0 spiro atoms. The van der Waals surface area contributed by atoms with E-state index in [1.807, 2.05) is 6.07 Å². The number of rotatable bonds is 6. The summed E-state index contributed by atoms with van der Waals surface area (Å²) in [5.41, 5.74) is 1.27. The molecular weight excluding hydrogens is 228 g/mol. The minimum atomic E-state index is 0.777. The Morgan fingerprint density at radius 1 is 1.00 bits per heavy atom. The molecule has 17 heavy (non-hydrogen) atoms. The highest BCUT2D eigenvalue weighted by molar-refractivity contribution is 6.17. The molecule has 0 nitrogen and oxygen atoms in total. The average Bonchev–Trinajstić information content (AvgIpc) is 2.40. The molecule has 0 heterocycles. The van der Waals surface area contributed by atoms with E-state index in [9.17, 15) is 0 Å². The van der Waals surface area contributed by atoms with Crippen LogP contribution in [0.15, 0.2) is 61.7 Å². The summed E-state index contributed by atoms with van der Waals surface area (Å²) in [7, 11) is 0. The van der Waals surface area contributed by atoms with Crippen molar-refractivity contribution in [2.45, 2.75) is 19.3 Å². The lowest BCUT2D eigenvalue weighted by atomic mass is 10.2. The molecule has 0 aliphatic rings. The van der Waals surface area contributed by atoms with Crippen molar-refractivity contribution >= 4 is 17.7 Å². The lowest BCUT2D eigenvalue weighted by Gasteiger charge is -1.92. The molecule has 92 valence electrons. The molecule has 1 aromatic rings. The van der Waals surface area contributed by atoms with Gasteiger partial charge in [-0.25, -0.2) is 0 Å². The van der Waals surface area contributed by atoms with E-state index in [2.05, 4.69) is 49.6 Å². The van der Waals surface area contributed by atoms with Gasteiger partial charge in [-0.2, -0.15) is 0 Å². The van der Waals surface area contributed by atoms with Crippen molar-refractivity contribution in [3.05, 3.63) is 67.3 Å². The zero-order valence-corrected chi connectivity index (χ0v) is 11.1. The Labute approximate surface area is 110 Å². The van der Waals surface area contributed by atoms with Gasteiger partial charge >= 0.3 is 0 Å². The predicted molar refractivity (Wildman–Crippen MR) is 80.4 cm³/mol. The Bertz CT molecular complexity index is 306. The van der Waals surface area contributed by atoms with E-state index < -0.39 is 0 Å². The van der Waals surface area contributed by atoms with E-state index in [1.54, 1.807) is 12.2 Å². The topological polar surface area (TPSA) is 0 Å². The Morgan fingerprint density at radius 2 is 1.65 bits per heavy atom. The quantitative estimate of drug-likeness (QED) is 0.356. The van der Waals surface area contributed by atoms with Crippen LogP contribution >= 0.6 is 11.6 Å². The normalized spacial score (nSPS) is 9.47. The molecule has 0 amide bonds. The summed E-state index contributed by atoms with van der Waals surface area (Å²) in [6.07, 6.45) is 11.1. The van der Waals surface area contributed by atoms with E-state index in [1.165, 1.54) is 12.0 Å². The second-order valence-corrected chi connectivity index (χ2v) is 3.85. The highest BCUT2D eigenvalue weighted by Crippen LogP contribution is 2.04. The zero-order chi connectivity index (χ0) is 12.8. The molecule has 0 aliphatic carbocycles. The van der Waals surface area contributed by atoms with E-state index in [4.69, 9.17) is 11.6 Å². The summed E-state index contributed by atoms with van der Waals surface area (Å²) in [6, 6.07) is 10.4. The number of hydrogen-bond donors (Lipinski definition) is 0. The highest BCUT2D eigenvalue weighted by atomic mass is 35.5. The Hall–Kier alpha value is -1.27. The predicted octanol–water partition coefficient (Wildman–Crippen LogP) is 5.47. The van der Waals surface area contributed by atoms with Crippen LogP contribution in [0.5, 0.6) is 0 Å². The fourth-order valence-corrected chi connectivity index (χ4v) is 1.33. The summed E-state index contributed by atoms with van der Waals surface area (Å²) in [5.74, 6) is 0.777. The van der Waals surface area contributed by atoms with Crippen molar-refractivity contribution in [3.63, 3.8) is 0 Å². The molecule has 0 unspecified atom stereocenters. The van der Waals surface area contributed by atoms with Gasteiger partial charge in [0.25, 0.3) is 0 Å². The fraction of sp³-hybridized carbons (Fsp3) is 0.250. The van der Waals surface area contributed by atoms with Crippen molar-refractivity contribution in [3.8, 4) is 0 Å². The van der Waals surface area contributed by atoms with Crippen LogP contribution in [0.3, 0.4) is 0 Å². The van der Waals surface area contributed by atoms with Crippen molar-refractivity contribution in [1.82, 2.24) is 0 Å².